The van der Waals surface area contributed by atoms with E-state index >= 15 is 0 Å². The van der Waals surface area contributed by atoms with Crippen LogP contribution in [-0.2, 0) is 25.7 Å². The lowest BCUT2D eigenvalue weighted by Gasteiger charge is -2.17. The fraction of sp³-hybridized carbons (Fsp3) is 0.533. The summed E-state index contributed by atoms with van der Waals surface area (Å²) in [6.07, 6.45) is 6.93. The molecule has 5 heteroatoms. The topological polar surface area (TPSA) is 44.4 Å². The van der Waals surface area contributed by atoms with Crippen molar-refractivity contribution in [2.75, 3.05) is 19.4 Å². The molecule has 3 rings (SSSR count). The molecule has 0 radical (unpaired) electrons. The third-order valence-corrected chi connectivity index (χ3v) is 4.67. The zero-order chi connectivity index (χ0) is 14.1. The van der Waals surface area contributed by atoms with E-state index in [9.17, 15) is 4.79 Å². The van der Waals surface area contributed by atoms with Crippen molar-refractivity contribution < 1.29 is 4.79 Å². The first-order chi connectivity index (χ1) is 9.65. The van der Waals surface area contributed by atoms with Crippen LogP contribution in [0.15, 0.2) is 6.07 Å². The van der Waals surface area contributed by atoms with Crippen LogP contribution in [0.3, 0.4) is 0 Å². The van der Waals surface area contributed by atoms with Gasteiger partial charge in [0.25, 0.3) is 0 Å². The lowest BCUT2D eigenvalue weighted by atomic mass is 9.99. The summed E-state index contributed by atoms with van der Waals surface area (Å²) in [5.41, 5.74) is 6.73. The van der Waals surface area contributed by atoms with Gasteiger partial charge in [0.05, 0.1) is 0 Å². The lowest BCUT2D eigenvalue weighted by molar-refractivity contribution is 0.257. The molecule has 2 N–H and O–H groups in total. The number of fused-ring (bicyclic) bond motifs is 2. The van der Waals surface area contributed by atoms with E-state index in [2.05, 4.69) is 16.1 Å². The molecule has 0 spiro atoms. The summed E-state index contributed by atoms with van der Waals surface area (Å²) in [4.78, 5) is 12.0. The molecule has 108 valence electrons. The molecule has 0 saturated heterocycles. The Morgan fingerprint density at radius 1 is 1.10 bits per heavy atom. The van der Waals surface area contributed by atoms with Crippen molar-refractivity contribution in [3.63, 3.8) is 0 Å². The number of anilines is 1. The van der Waals surface area contributed by atoms with E-state index in [1.54, 1.807) is 0 Å². The average molecular weight is 291 g/mol. The van der Waals surface area contributed by atoms with Gasteiger partial charge in [-0.25, -0.2) is 9.10 Å². The molecular formula is C15H21N3OS. The van der Waals surface area contributed by atoms with Crippen molar-refractivity contribution in [3.05, 3.63) is 28.3 Å². The second kappa shape index (κ2) is 5.66. The summed E-state index contributed by atoms with van der Waals surface area (Å²) in [7, 11) is 3.81. The van der Waals surface area contributed by atoms with E-state index in [0.29, 0.717) is 0 Å². The predicted molar refractivity (Wildman–Crippen MR) is 83.9 cm³/mol. The number of nitrogens with zero attached hydrogens (tertiary/aromatic N) is 1. The molecule has 0 unspecified atom stereocenters. The predicted octanol–water partition coefficient (Wildman–Crippen LogP) is 2.91. The Morgan fingerprint density at radius 3 is 2.25 bits per heavy atom. The van der Waals surface area contributed by atoms with Crippen LogP contribution >= 0.6 is 12.1 Å². The van der Waals surface area contributed by atoms with Gasteiger partial charge in [0.2, 0.25) is 0 Å². The number of amides is 2. The lowest BCUT2D eigenvalue weighted by Crippen LogP contribution is -2.27. The summed E-state index contributed by atoms with van der Waals surface area (Å²) in [6, 6.07) is 2.25. The first-order valence-electron chi connectivity index (χ1n) is 7.23. The Labute approximate surface area is 124 Å². The van der Waals surface area contributed by atoms with Crippen LogP contribution < -0.4 is 10.0 Å². The third-order valence-electron chi connectivity index (χ3n) is 4.03. The molecule has 0 fully saturated rings. The summed E-state index contributed by atoms with van der Waals surface area (Å²) < 4.78 is 4.67. The van der Waals surface area contributed by atoms with Crippen LogP contribution in [-0.4, -0.2) is 24.4 Å². The van der Waals surface area contributed by atoms with Gasteiger partial charge in [-0.15, -0.1) is 0 Å². The molecule has 2 aliphatic rings. The zero-order valence-corrected chi connectivity index (χ0v) is 12.9. The van der Waals surface area contributed by atoms with Gasteiger partial charge in [0.15, 0.2) is 0 Å². The van der Waals surface area contributed by atoms with Crippen LogP contribution in [0.4, 0.5) is 10.5 Å². The molecule has 0 aromatic heterocycles. The van der Waals surface area contributed by atoms with E-state index in [0.717, 1.165) is 31.4 Å². The van der Waals surface area contributed by atoms with Crippen LogP contribution in [0.5, 0.6) is 0 Å². The summed E-state index contributed by atoms with van der Waals surface area (Å²) in [5.74, 6) is 0. The molecule has 0 atom stereocenters. The monoisotopic (exact) mass is 291 g/mol. The molecule has 0 bridgehead atoms. The van der Waals surface area contributed by atoms with Crippen LogP contribution in [0, 0.1) is 0 Å². The van der Waals surface area contributed by atoms with Gasteiger partial charge in [-0.2, -0.15) is 0 Å². The van der Waals surface area contributed by atoms with E-state index in [4.69, 9.17) is 0 Å². The summed E-state index contributed by atoms with van der Waals surface area (Å²) in [5, 5.41) is 3.10. The Morgan fingerprint density at radius 2 is 1.70 bits per heavy atom. The van der Waals surface area contributed by atoms with Crippen molar-refractivity contribution in [3.8, 4) is 0 Å². The molecule has 1 aromatic rings. The second-order valence-electron chi connectivity index (χ2n) is 5.69. The molecular weight excluding hydrogens is 270 g/mol. The highest BCUT2D eigenvalue weighted by Crippen LogP contribution is 2.38. The zero-order valence-electron chi connectivity index (χ0n) is 12.1. The highest BCUT2D eigenvalue weighted by atomic mass is 32.2. The average Bonchev–Trinajstić information content (AvgIpc) is 3.04. The largest absolute Gasteiger partial charge is 0.330 e. The van der Waals surface area contributed by atoms with Crippen LogP contribution in [0.2, 0.25) is 0 Å². The maximum Gasteiger partial charge on any atom is 0.330 e. The second-order valence-corrected chi connectivity index (χ2v) is 6.81. The van der Waals surface area contributed by atoms with E-state index in [1.807, 2.05) is 18.4 Å². The third kappa shape index (κ3) is 2.65. The number of hydrogen-bond acceptors (Lipinski definition) is 3. The maximum absolute atomic E-state index is 12.0. The summed E-state index contributed by atoms with van der Waals surface area (Å²) >= 11 is 1.30. The molecule has 1 aromatic carbocycles. The van der Waals surface area contributed by atoms with Crippen molar-refractivity contribution in [1.82, 2.24) is 9.03 Å². The fourth-order valence-corrected chi connectivity index (χ4v) is 3.56. The van der Waals surface area contributed by atoms with E-state index in [1.165, 1.54) is 47.2 Å². The maximum atomic E-state index is 12.0. The highest BCUT2D eigenvalue weighted by molar-refractivity contribution is 7.95. The van der Waals surface area contributed by atoms with Crippen molar-refractivity contribution in [2.45, 2.75) is 38.5 Å². The Kier molecular flexibility index (Phi) is 3.89. The van der Waals surface area contributed by atoms with Crippen molar-refractivity contribution in [1.29, 1.82) is 0 Å². The molecule has 0 saturated carbocycles. The van der Waals surface area contributed by atoms with Gasteiger partial charge in [0.1, 0.15) is 0 Å². The molecule has 2 aliphatic carbocycles. The van der Waals surface area contributed by atoms with Gasteiger partial charge in [-0.05, 0) is 74.9 Å². The standard InChI is InChI=1S/C15H21N3OS/c1-18(2)20-17-15(19)16-14-12-7-3-5-10(12)9-11-6-4-8-13(11)14/h9H,3-8H2,1-2H3,(H2,16,17,19). The SMILES string of the molecule is CN(C)SNC(=O)Nc1c2c(cc3c1CCC3)CCC2. The fourth-order valence-electron chi connectivity index (χ4n) is 3.24. The normalized spacial score (nSPS) is 16.1. The van der Waals surface area contributed by atoms with E-state index < -0.39 is 0 Å². The molecule has 0 heterocycles. The number of rotatable bonds is 3. The Balaban J connectivity index is 1.84. The van der Waals surface area contributed by atoms with Crippen LogP contribution in [0.25, 0.3) is 0 Å². The minimum atomic E-state index is -0.127. The first-order valence-corrected chi connectivity index (χ1v) is 8.00. The molecule has 2 amide bonds. The van der Waals surface area contributed by atoms with Gasteiger partial charge in [-0.3, -0.25) is 4.72 Å². The quantitative estimate of drug-likeness (QED) is 0.842. The smallest absolute Gasteiger partial charge is 0.307 e. The van der Waals surface area contributed by atoms with Crippen molar-refractivity contribution in [2.24, 2.45) is 0 Å². The van der Waals surface area contributed by atoms with Crippen molar-refractivity contribution >= 4 is 23.9 Å². The molecule has 0 aliphatic heterocycles. The minimum absolute atomic E-state index is 0.127. The Bertz CT molecular complexity index is 510. The minimum Gasteiger partial charge on any atom is -0.307 e. The number of hydrogen-bond donors (Lipinski definition) is 2. The van der Waals surface area contributed by atoms with Gasteiger partial charge >= 0.3 is 6.03 Å². The van der Waals surface area contributed by atoms with Crippen LogP contribution in [0.1, 0.15) is 35.1 Å². The number of nitrogens with one attached hydrogen (secondary N) is 2. The number of carbonyl (C=O) groups excluding carboxylic acids is 1. The van der Waals surface area contributed by atoms with Gasteiger partial charge in [0, 0.05) is 17.8 Å². The molecule has 20 heavy (non-hydrogen) atoms. The van der Waals surface area contributed by atoms with Gasteiger partial charge in [-0.1, -0.05) is 6.07 Å². The number of aryl methyl sites for hydroxylation is 2. The van der Waals surface area contributed by atoms with E-state index in [-0.39, 0.29) is 6.03 Å². The Hall–Kier alpha value is -1.20. The highest BCUT2D eigenvalue weighted by Gasteiger charge is 2.24. The number of carbonyl (C=O) groups is 1. The first kappa shape index (κ1) is 13.8. The number of urea groups is 1. The molecule has 4 nitrogen and oxygen atoms in total. The number of benzene rings is 1. The summed E-state index contributed by atoms with van der Waals surface area (Å²) in [6.45, 7) is 0. The van der Waals surface area contributed by atoms with Gasteiger partial charge < -0.3 is 5.32 Å².